The van der Waals surface area contributed by atoms with E-state index in [0.29, 0.717) is 13.2 Å². The van der Waals surface area contributed by atoms with Crippen molar-refractivity contribution in [3.8, 4) is 11.6 Å². The van der Waals surface area contributed by atoms with Crippen LogP contribution in [0, 0.1) is 0 Å². The smallest absolute Gasteiger partial charge is 0.473 e. The summed E-state index contributed by atoms with van der Waals surface area (Å²) in [6.07, 6.45) is 1.79. The number of hydrogen-bond donors (Lipinski definition) is 0. The highest BCUT2D eigenvalue weighted by molar-refractivity contribution is 5.32. The number of fused-ring (bicyclic) bond motifs is 1. The Morgan fingerprint density at radius 1 is 1.35 bits per heavy atom. The highest BCUT2D eigenvalue weighted by Crippen LogP contribution is 2.43. The van der Waals surface area contributed by atoms with Crippen molar-refractivity contribution in [3.05, 3.63) is 18.3 Å². The summed E-state index contributed by atoms with van der Waals surface area (Å²) in [5.74, 6) is -0.527. The third-order valence-corrected chi connectivity index (χ3v) is 5.13. The van der Waals surface area contributed by atoms with Gasteiger partial charge in [0.15, 0.2) is 5.75 Å². The van der Waals surface area contributed by atoms with Crippen LogP contribution in [0.4, 0.5) is 13.2 Å². The van der Waals surface area contributed by atoms with Gasteiger partial charge in [0.25, 0.3) is 5.88 Å². The van der Waals surface area contributed by atoms with E-state index < -0.39 is 12.1 Å². The van der Waals surface area contributed by atoms with E-state index in [4.69, 9.17) is 9.47 Å². The standard InChI is InChI=1S/C18H25F3N2O3/c1-2-11-24-13-17-7-4-10-23(17)14(6-8-17)12-25-16-15(5-3-9-22-16)26-18(19,20)21/h3,5,9,14H,2,4,6-8,10-13H2,1H3/t14-,17?/m0/s1. The summed E-state index contributed by atoms with van der Waals surface area (Å²) in [6, 6.07) is 2.76. The molecule has 3 rings (SSSR count). The monoisotopic (exact) mass is 374 g/mol. The zero-order valence-corrected chi connectivity index (χ0v) is 14.9. The van der Waals surface area contributed by atoms with E-state index in [-0.39, 0.29) is 17.5 Å². The third kappa shape index (κ3) is 4.40. The number of nitrogens with zero attached hydrogens (tertiary/aromatic N) is 2. The molecular formula is C18H25F3N2O3. The Morgan fingerprint density at radius 2 is 2.19 bits per heavy atom. The molecule has 1 unspecified atom stereocenters. The summed E-state index contributed by atoms with van der Waals surface area (Å²) in [5.41, 5.74) is 0.0542. The SMILES string of the molecule is CCCOCC12CCCN1[C@H](COc1ncccc1OC(F)(F)F)CC2. The van der Waals surface area contributed by atoms with Gasteiger partial charge >= 0.3 is 6.36 Å². The Labute approximate surface area is 151 Å². The van der Waals surface area contributed by atoms with Crippen LogP contribution in [0.25, 0.3) is 0 Å². The fraction of sp³-hybridized carbons (Fsp3) is 0.722. The summed E-state index contributed by atoms with van der Waals surface area (Å²) >= 11 is 0. The van der Waals surface area contributed by atoms with Crippen LogP contribution >= 0.6 is 0 Å². The van der Waals surface area contributed by atoms with E-state index in [9.17, 15) is 13.2 Å². The van der Waals surface area contributed by atoms with Crippen LogP contribution in [0.3, 0.4) is 0 Å². The van der Waals surface area contributed by atoms with Crippen molar-refractivity contribution < 1.29 is 27.4 Å². The van der Waals surface area contributed by atoms with Gasteiger partial charge in [0.1, 0.15) is 6.61 Å². The molecule has 0 aromatic carbocycles. The molecule has 0 saturated carbocycles. The number of rotatable bonds is 8. The molecule has 8 heteroatoms. The molecule has 2 fully saturated rings. The highest BCUT2D eigenvalue weighted by Gasteiger charge is 2.49. The van der Waals surface area contributed by atoms with Crippen LogP contribution < -0.4 is 9.47 Å². The molecule has 146 valence electrons. The topological polar surface area (TPSA) is 43.8 Å². The lowest BCUT2D eigenvalue weighted by atomic mass is 9.95. The molecule has 5 nitrogen and oxygen atoms in total. The first-order valence-corrected chi connectivity index (χ1v) is 9.11. The molecule has 0 bridgehead atoms. The molecule has 1 aromatic heterocycles. The molecule has 1 aromatic rings. The summed E-state index contributed by atoms with van der Waals surface area (Å²) in [7, 11) is 0. The Balaban J connectivity index is 1.61. The van der Waals surface area contributed by atoms with Crippen molar-refractivity contribution in [1.82, 2.24) is 9.88 Å². The molecule has 26 heavy (non-hydrogen) atoms. The summed E-state index contributed by atoms with van der Waals surface area (Å²) in [4.78, 5) is 6.31. The maximum absolute atomic E-state index is 12.5. The second-order valence-corrected chi connectivity index (χ2v) is 6.93. The zero-order valence-electron chi connectivity index (χ0n) is 14.9. The maximum Gasteiger partial charge on any atom is 0.573 e. The van der Waals surface area contributed by atoms with E-state index in [2.05, 4.69) is 21.5 Å². The first-order valence-electron chi connectivity index (χ1n) is 9.11. The van der Waals surface area contributed by atoms with Gasteiger partial charge in [0, 0.05) is 24.4 Å². The molecule has 0 N–H and O–H groups in total. The van der Waals surface area contributed by atoms with Gasteiger partial charge < -0.3 is 14.2 Å². The number of pyridine rings is 1. The van der Waals surface area contributed by atoms with Crippen molar-refractivity contribution >= 4 is 0 Å². The molecule has 2 aliphatic heterocycles. The van der Waals surface area contributed by atoms with Gasteiger partial charge in [-0.25, -0.2) is 4.98 Å². The fourth-order valence-electron chi connectivity index (χ4n) is 4.06. The summed E-state index contributed by atoms with van der Waals surface area (Å²) in [5, 5.41) is 0. The number of halogens is 3. The van der Waals surface area contributed by atoms with Crippen molar-refractivity contribution in [3.63, 3.8) is 0 Å². The maximum atomic E-state index is 12.5. The number of alkyl halides is 3. The van der Waals surface area contributed by atoms with Crippen LogP contribution in [-0.4, -0.2) is 54.2 Å². The van der Waals surface area contributed by atoms with Crippen LogP contribution in [0.5, 0.6) is 11.6 Å². The molecular weight excluding hydrogens is 349 g/mol. The average Bonchev–Trinajstić information content (AvgIpc) is 3.12. The molecule has 0 aliphatic carbocycles. The molecule has 3 heterocycles. The minimum absolute atomic E-state index is 0.0542. The predicted molar refractivity (Wildman–Crippen MR) is 89.2 cm³/mol. The normalized spacial score (nSPS) is 26.1. The second kappa shape index (κ2) is 8.00. The Morgan fingerprint density at radius 3 is 2.96 bits per heavy atom. The number of ether oxygens (including phenoxy) is 3. The lowest BCUT2D eigenvalue weighted by molar-refractivity contribution is -0.275. The van der Waals surface area contributed by atoms with Gasteiger partial charge in [-0.15, -0.1) is 13.2 Å². The molecule has 2 aliphatic rings. The first-order chi connectivity index (χ1) is 12.4. The van der Waals surface area contributed by atoms with Crippen LogP contribution in [0.15, 0.2) is 18.3 Å². The van der Waals surface area contributed by atoms with Crippen LogP contribution in [-0.2, 0) is 4.74 Å². The van der Waals surface area contributed by atoms with Gasteiger partial charge in [-0.3, -0.25) is 4.90 Å². The quantitative estimate of drug-likeness (QED) is 0.648. The van der Waals surface area contributed by atoms with E-state index in [1.807, 2.05) is 0 Å². The zero-order chi connectivity index (χ0) is 18.6. The largest absolute Gasteiger partial charge is 0.573 e. The van der Waals surface area contributed by atoms with Gasteiger partial charge in [-0.2, -0.15) is 0 Å². The van der Waals surface area contributed by atoms with E-state index in [1.165, 1.54) is 18.3 Å². The van der Waals surface area contributed by atoms with Crippen molar-refractivity contribution in [2.45, 2.75) is 57.0 Å². The van der Waals surface area contributed by atoms with E-state index >= 15 is 0 Å². The first kappa shape index (κ1) is 19.2. The number of aromatic nitrogens is 1. The predicted octanol–water partition coefficient (Wildman–Crippen LogP) is 3.78. The van der Waals surface area contributed by atoms with Crippen molar-refractivity contribution in [1.29, 1.82) is 0 Å². The highest BCUT2D eigenvalue weighted by atomic mass is 19.4. The molecule has 2 saturated heterocycles. The van der Waals surface area contributed by atoms with E-state index in [1.54, 1.807) is 0 Å². The molecule has 2 atom stereocenters. The average molecular weight is 374 g/mol. The summed E-state index contributed by atoms with van der Waals surface area (Å²) < 4.78 is 53.0. The minimum Gasteiger partial charge on any atom is -0.473 e. The lowest BCUT2D eigenvalue weighted by Crippen LogP contribution is -2.47. The minimum atomic E-state index is -4.77. The Bertz CT molecular complexity index is 599. The van der Waals surface area contributed by atoms with Crippen molar-refractivity contribution in [2.24, 2.45) is 0 Å². The van der Waals surface area contributed by atoms with Gasteiger partial charge in [0.2, 0.25) is 0 Å². The Kier molecular flexibility index (Phi) is 5.92. The van der Waals surface area contributed by atoms with Gasteiger partial charge in [-0.05, 0) is 50.8 Å². The molecule has 0 spiro atoms. The molecule has 0 radical (unpaired) electrons. The van der Waals surface area contributed by atoms with Crippen molar-refractivity contribution in [2.75, 3.05) is 26.4 Å². The second-order valence-electron chi connectivity index (χ2n) is 6.93. The molecule has 0 amide bonds. The Hall–Kier alpha value is -1.54. The fourth-order valence-corrected chi connectivity index (χ4v) is 4.06. The third-order valence-electron chi connectivity index (χ3n) is 5.13. The summed E-state index contributed by atoms with van der Waals surface area (Å²) in [6.45, 7) is 4.81. The van der Waals surface area contributed by atoms with Gasteiger partial charge in [-0.1, -0.05) is 6.92 Å². The lowest BCUT2D eigenvalue weighted by Gasteiger charge is -2.34. The van der Waals surface area contributed by atoms with Crippen LogP contribution in [0.2, 0.25) is 0 Å². The van der Waals surface area contributed by atoms with Gasteiger partial charge in [0.05, 0.1) is 6.61 Å². The number of hydrogen-bond acceptors (Lipinski definition) is 5. The van der Waals surface area contributed by atoms with Crippen LogP contribution in [0.1, 0.15) is 39.0 Å². The van der Waals surface area contributed by atoms with E-state index in [0.717, 1.165) is 45.3 Å².